The molecule has 0 saturated carbocycles. The Morgan fingerprint density at radius 2 is 1.63 bits per heavy atom. The average molecular weight is 370 g/mol. The molecule has 2 rings (SSSR count). The van der Waals surface area contributed by atoms with Crippen LogP contribution < -0.4 is 15.4 Å². The average Bonchev–Trinajstić information content (AvgIpc) is 2.64. The Labute approximate surface area is 159 Å². The molecule has 144 valence electrons. The van der Waals surface area contributed by atoms with Gasteiger partial charge < -0.3 is 20.1 Å². The summed E-state index contributed by atoms with van der Waals surface area (Å²) in [5.41, 5.74) is 2.52. The first-order valence-corrected chi connectivity index (χ1v) is 8.94. The van der Waals surface area contributed by atoms with Crippen molar-refractivity contribution in [1.29, 1.82) is 0 Å². The Kier molecular flexibility index (Phi) is 7.67. The molecule has 0 fully saturated rings. The molecule has 0 atom stereocenters. The maximum Gasteiger partial charge on any atom is 0.338 e. The molecule has 6 heteroatoms. The van der Waals surface area contributed by atoms with Crippen LogP contribution in [0, 0.1) is 6.92 Å². The third-order valence-electron chi connectivity index (χ3n) is 3.67. The maximum absolute atomic E-state index is 12.0. The molecule has 0 radical (unpaired) electrons. The van der Waals surface area contributed by atoms with Gasteiger partial charge in [-0.05, 0) is 50.6 Å². The summed E-state index contributed by atoms with van der Waals surface area (Å²) >= 11 is 0. The fraction of sp³-hybridized carbons (Fsp3) is 0.333. The van der Waals surface area contributed by atoms with Crippen LogP contribution in [-0.2, 0) is 11.3 Å². The highest BCUT2D eigenvalue weighted by molar-refractivity contribution is 5.89. The summed E-state index contributed by atoms with van der Waals surface area (Å²) < 4.78 is 10.7. The molecular weight excluding hydrogens is 344 g/mol. The number of carbonyl (C=O) groups is 2. The number of ether oxygens (including phenoxy) is 2. The zero-order valence-electron chi connectivity index (χ0n) is 16.0. The molecule has 6 nitrogen and oxygen atoms in total. The van der Waals surface area contributed by atoms with Crippen molar-refractivity contribution in [3.05, 3.63) is 65.2 Å². The normalized spacial score (nSPS) is 10.4. The van der Waals surface area contributed by atoms with Gasteiger partial charge in [0.2, 0.25) is 0 Å². The fourth-order valence-corrected chi connectivity index (χ4v) is 2.27. The predicted molar refractivity (Wildman–Crippen MR) is 104 cm³/mol. The van der Waals surface area contributed by atoms with E-state index in [9.17, 15) is 9.59 Å². The van der Waals surface area contributed by atoms with E-state index in [-0.39, 0.29) is 18.7 Å². The topological polar surface area (TPSA) is 76.7 Å². The molecule has 0 heterocycles. The first-order chi connectivity index (χ1) is 12.9. The summed E-state index contributed by atoms with van der Waals surface area (Å²) in [6.45, 7) is 6.65. The van der Waals surface area contributed by atoms with Gasteiger partial charge in [0.1, 0.15) is 19.0 Å². The summed E-state index contributed by atoms with van der Waals surface area (Å²) in [4.78, 5) is 23.6. The number of hydrogen-bond donors (Lipinski definition) is 2. The number of rotatable bonds is 8. The summed E-state index contributed by atoms with van der Waals surface area (Å²) in [7, 11) is 0. The number of esters is 1. The zero-order valence-corrected chi connectivity index (χ0v) is 16.0. The molecule has 27 heavy (non-hydrogen) atoms. The summed E-state index contributed by atoms with van der Waals surface area (Å²) in [6, 6.07) is 14.5. The molecule has 0 aliphatic heterocycles. The third kappa shape index (κ3) is 7.40. The maximum atomic E-state index is 12.0. The predicted octanol–water partition coefficient (Wildman–Crippen LogP) is 3.44. The van der Waals surface area contributed by atoms with E-state index in [2.05, 4.69) is 10.6 Å². The standard InChI is InChI=1S/C21H26N2O4/c1-15(2)23-21(25)22-14-17-6-8-18(9-7-17)20(24)27-13-12-26-19-10-4-16(3)5-11-19/h4-11,15H,12-14H2,1-3H3,(H2,22,23,25). The van der Waals surface area contributed by atoms with Crippen molar-refractivity contribution in [2.75, 3.05) is 13.2 Å². The van der Waals surface area contributed by atoms with Crippen molar-refractivity contribution in [2.45, 2.75) is 33.4 Å². The number of aryl methyl sites for hydroxylation is 1. The van der Waals surface area contributed by atoms with Crippen LogP contribution in [0.1, 0.15) is 35.3 Å². The van der Waals surface area contributed by atoms with Crippen LogP contribution in [0.3, 0.4) is 0 Å². The van der Waals surface area contributed by atoms with Crippen LogP contribution in [0.5, 0.6) is 5.75 Å². The van der Waals surface area contributed by atoms with Crippen molar-refractivity contribution in [3.8, 4) is 5.75 Å². The first-order valence-electron chi connectivity index (χ1n) is 8.94. The molecule has 0 spiro atoms. The molecule has 2 N–H and O–H groups in total. The minimum Gasteiger partial charge on any atom is -0.490 e. The lowest BCUT2D eigenvalue weighted by Crippen LogP contribution is -2.39. The van der Waals surface area contributed by atoms with Crippen LogP contribution >= 0.6 is 0 Å². The van der Waals surface area contributed by atoms with Gasteiger partial charge in [0.15, 0.2) is 0 Å². The summed E-state index contributed by atoms with van der Waals surface area (Å²) in [5, 5.41) is 5.51. The highest BCUT2D eigenvalue weighted by Crippen LogP contribution is 2.11. The molecule has 2 amide bonds. The number of nitrogens with one attached hydrogen (secondary N) is 2. The van der Waals surface area contributed by atoms with E-state index in [1.54, 1.807) is 24.3 Å². The highest BCUT2D eigenvalue weighted by atomic mass is 16.6. The molecule has 2 aromatic carbocycles. The Hall–Kier alpha value is -3.02. The van der Waals surface area contributed by atoms with Crippen LogP contribution in [0.2, 0.25) is 0 Å². The van der Waals surface area contributed by atoms with Gasteiger partial charge in [-0.25, -0.2) is 9.59 Å². The van der Waals surface area contributed by atoms with Crippen LogP contribution in [0.4, 0.5) is 4.79 Å². The van der Waals surface area contributed by atoms with Crippen LogP contribution in [-0.4, -0.2) is 31.3 Å². The fourth-order valence-electron chi connectivity index (χ4n) is 2.27. The molecule has 0 saturated heterocycles. The second-order valence-electron chi connectivity index (χ2n) is 6.48. The van der Waals surface area contributed by atoms with Crippen LogP contribution in [0.15, 0.2) is 48.5 Å². The molecule has 2 aromatic rings. The van der Waals surface area contributed by atoms with E-state index in [0.717, 1.165) is 16.9 Å². The smallest absolute Gasteiger partial charge is 0.338 e. The first kappa shape index (κ1) is 20.3. The van der Waals surface area contributed by atoms with Crippen LogP contribution in [0.25, 0.3) is 0 Å². The molecule has 0 aliphatic carbocycles. The van der Waals surface area contributed by atoms with Gasteiger partial charge in [0, 0.05) is 12.6 Å². The highest BCUT2D eigenvalue weighted by Gasteiger charge is 2.08. The lowest BCUT2D eigenvalue weighted by molar-refractivity contribution is 0.0450. The number of carbonyl (C=O) groups excluding carboxylic acids is 2. The number of hydrogen-bond acceptors (Lipinski definition) is 4. The number of urea groups is 1. The van der Waals surface area contributed by atoms with Crippen molar-refractivity contribution in [3.63, 3.8) is 0 Å². The molecular formula is C21H26N2O4. The molecule has 0 aliphatic rings. The Morgan fingerprint density at radius 3 is 2.26 bits per heavy atom. The second-order valence-corrected chi connectivity index (χ2v) is 6.48. The number of benzene rings is 2. The minimum atomic E-state index is -0.403. The van der Waals surface area contributed by atoms with E-state index in [4.69, 9.17) is 9.47 Å². The van der Waals surface area contributed by atoms with Crippen molar-refractivity contribution < 1.29 is 19.1 Å². The van der Waals surface area contributed by atoms with Gasteiger partial charge >= 0.3 is 12.0 Å². The Bertz CT molecular complexity index is 740. The van der Waals surface area contributed by atoms with Crippen molar-refractivity contribution in [1.82, 2.24) is 10.6 Å². The number of amides is 2. The Morgan fingerprint density at radius 1 is 0.963 bits per heavy atom. The van der Waals surface area contributed by atoms with Gasteiger partial charge in [-0.15, -0.1) is 0 Å². The molecule has 0 bridgehead atoms. The molecule has 0 unspecified atom stereocenters. The SMILES string of the molecule is Cc1ccc(OCCOC(=O)c2ccc(CNC(=O)NC(C)C)cc2)cc1. The van der Waals surface area contributed by atoms with Gasteiger partial charge in [-0.1, -0.05) is 29.8 Å². The van der Waals surface area contributed by atoms with E-state index >= 15 is 0 Å². The van der Waals surface area contributed by atoms with E-state index in [1.807, 2.05) is 45.0 Å². The Balaban J connectivity index is 1.71. The van der Waals surface area contributed by atoms with Crippen molar-refractivity contribution in [2.24, 2.45) is 0 Å². The lowest BCUT2D eigenvalue weighted by atomic mass is 10.1. The molecule has 0 aromatic heterocycles. The largest absolute Gasteiger partial charge is 0.490 e. The van der Waals surface area contributed by atoms with Gasteiger partial charge in [0.05, 0.1) is 5.56 Å². The zero-order chi connectivity index (χ0) is 19.6. The van der Waals surface area contributed by atoms with E-state index < -0.39 is 5.97 Å². The van der Waals surface area contributed by atoms with Gasteiger partial charge in [-0.2, -0.15) is 0 Å². The van der Waals surface area contributed by atoms with E-state index in [0.29, 0.717) is 18.7 Å². The monoisotopic (exact) mass is 370 g/mol. The summed E-state index contributed by atoms with van der Waals surface area (Å²) in [5.74, 6) is 0.342. The van der Waals surface area contributed by atoms with Gasteiger partial charge in [0.25, 0.3) is 0 Å². The minimum absolute atomic E-state index is 0.0807. The quantitative estimate of drug-likeness (QED) is 0.551. The lowest BCUT2D eigenvalue weighted by Gasteiger charge is -2.10. The summed E-state index contributed by atoms with van der Waals surface area (Å²) in [6.07, 6.45) is 0. The van der Waals surface area contributed by atoms with E-state index in [1.165, 1.54) is 0 Å². The van der Waals surface area contributed by atoms with Crippen molar-refractivity contribution >= 4 is 12.0 Å². The second kappa shape index (κ2) is 10.2. The third-order valence-corrected chi connectivity index (χ3v) is 3.67. The van der Waals surface area contributed by atoms with Gasteiger partial charge in [-0.3, -0.25) is 0 Å².